The molecule has 3 nitrogen and oxygen atoms in total. The number of carbonyl (C=O) groups is 2. The first-order chi connectivity index (χ1) is 13.0. The highest BCUT2D eigenvalue weighted by atomic mass is 35.5. The highest BCUT2D eigenvalue weighted by molar-refractivity contribution is 6.35. The van der Waals surface area contributed by atoms with E-state index in [4.69, 9.17) is 23.2 Å². The Kier molecular flexibility index (Phi) is 8.33. The van der Waals surface area contributed by atoms with Crippen LogP contribution in [0.3, 0.4) is 0 Å². The van der Waals surface area contributed by atoms with Gasteiger partial charge >= 0.3 is 0 Å². The molecular formula is C22H25Cl2NO2. The molecule has 0 spiro atoms. The van der Waals surface area contributed by atoms with E-state index >= 15 is 0 Å². The van der Waals surface area contributed by atoms with Crippen LogP contribution in [0, 0.1) is 5.92 Å². The minimum absolute atomic E-state index is 0.239. The standard InChI is InChI=1S/C22H25Cl2NO2/c1-3-5-10-16(4-2)15-25(21(26)17-11-6-8-13-19(17)23)22(27)18-12-7-9-14-20(18)24/h6-9,11-14,16H,3-5,10,15H2,1-2H3. The highest BCUT2D eigenvalue weighted by Crippen LogP contribution is 2.24. The number of halogens is 2. The van der Waals surface area contributed by atoms with Gasteiger partial charge in [-0.05, 0) is 36.6 Å². The number of nitrogens with zero attached hydrogens (tertiary/aromatic N) is 1. The van der Waals surface area contributed by atoms with Crippen LogP contribution in [-0.4, -0.2) is 23.3 Å². The summed E-state index contributed by atoms with van der Waals surface area (Å²) in [5, 5.41) is 0.669. The molecular weight excluding hydrogens is 381 g/mol. The van der Waals surface area contributed by atoms with Crippen LogP contribution in [0.5, 0.6) is 0 Å². The number of unbranched alkanes of at least 4 members (excludes halogenated alkanes) is 1. The van der Waals surface area contributed by atoms with Gasteiger partial charge in [-0.3, -0.25) is 14.5 Å². The molecule has 2 aromatic carbocycles. The van der Waals surface area contributed by atoms with E-state index in [1.54, 1.807) is 48.5 Å². The van der Waals surface area contributed by atoms with Gasteiger partial charge in [0, 0.05) is 6.54 Å². The zero-order chi connectivity index (χ0) is 19.8. The third kappa shape index (κ3) is 5.57. The molecule has 0 saturated heterocycles. The van der Waals surface area contributed by atoms with E-state index in [1.807, 2.05) is 0 Å². The molecule has 0 saturated carbocycles. The second-order valence-electron chi connectivity index (χ2n) is 6.60. The summed E-state index contributed by atoms with van der Waals surface area (Å²) in [6.07, 6.45) is 4.00. The Labute approximate surface area is 171 Å². The minimum atomic E-state index is -0.388. The number of rotatable bonds is 8. The van der Waals surface area contributed by atoms with Gasteiger partial charge in [0.2, 0.25) is 0 Å². The summed E-state index contributed by atoms with van der Waals surface area (Å²) in [6, 6.07) is 13.6. The Bertz CT molecular complexity index is 734. The Morgan fingerprint density at radius 3 is 1.78 bits per heavy atom. The number of imide groups is 1. The van der Waals surface area contributed by atoms with Crippen LogP contribution < -0.4 is 0 Å². The summed E-state index contributed by atoms with van der Waals surface area (Å²) in [7, 11) is 0. The predicted molar refractivity (Wildman–Crippen MR) is 112 cm³/mol. The summed E-state index contributed by atoms with van der Waals surface area (Å²) in [5.74, 6) is -0.538. The molecule has 1 atom stereocenters. The predicted octanol–water partition coefficient (Wildman–Crippen LogP) is 6.49. The lowest BCUT2D eigenvalue weighted by molar-refractivity contribution is 0.0586. The van der Waals surface area contributed by atoms with Gasteiger partial charge in [-0.2, -0.15) is 0 Å². The van der Waals surface area contributed by atoms with Crippen molar-refractivity contribution in [1.82, 2.24) is 4.90 Å². The van der Waals surface area contributed by atoms with Gasteiger partial charge in [0.25, 0.3) is 11.8 Å². The number of hydrogen-bond acceptors (Lipinski definition) is 2. The van der Waals surface area contributed by atoms with Crippen molar-refractivity contribution in [3.63, 3.8) is 0 Å². The van der Waals surface area contributed by atoms with E-state index < -0.39 is 0 Å². The van der Waals surface area contributed by atoms with Crippen LogP contribution in [0.25, 0.3) is 0 Å². The van der Waals surface area contributed by atoms with E-state index in [0.29, 0.717) is 27.7 Å². The summed E-state index contributed by atoms with van der Waals surface area (Å²) >= 11 is 12.4. The smallest absolute Gasteiger partial charge is 0.262 e. The molecule has 0 radical (unpaired) electrons. The number of amides is 2. The third-order valence-corrected chi connectivity index (χ3v) is 5.34. The van der Waals surface area contributed by atoms with Crippen molar-refractivity contribution < 1.29 is 9.59 Å². The first-order valence-corrected chi connectivity index (χ1v) is 10.1. The molecule has 0 N–H and O–H groups in total. The van der Waals surface area contributed by atoms with Crippen molar-refractivity contribution in [1.29, 1.82) is 0 Å². The lowest BCUT2D eigenvalue weighted by Crippen LogP contribution is -2.40. The van der Waals surface area contributed by atoms with Crippen molar-refractivity contribution in [2.75, 3.05) is 6.54 Å². The Morgan fingerprint density at radius 1 is 0.889 bits per heavy atom. The second-order valence-corrected chi connectivity index (χ2v) is 7.41. The average molecular weight is 406 g/mol. The van der Waals surface area contributed by atoms with Crippen LogP contribution in [0.15, 0.2) is 48.5 Å². The van der Waals surface area contributed by atoms with Crippen LogP contribution >= 0.6 is 23.2 Å². The molecule has 27 heavy (non-hydrogen) atoms. The molecule has 2 rings (SSSR count). The largest absolute Gasteiger partial charge is 0.274 e. The van der Waals surface area contributed by atoms with Gasteiger partial charge in [-0.1, -0.05) is 80.6 Å². The fourth-order valence-electron chi connectivity index (χ4n) is 2.99. The maximum atomic E-state index is 13.2. The van der Waals surface area contributed by atoms with Gasteiger partial charge < -0.3 is 0 Å². The van der Waals surface area contributed by atoms with Crippen molar-refractivity contribution in [3.05, 3.63) is 69.7 Å². The average Bonchev–Trinajstić information content (AvgIpc) is 2.68. The van der Waals surface area contributed by atoms with Gasteiger partial charge in [-0.15, -0.1) is 0 Å². The number of benzene rings is 2. The van der Waals surface area contributed by atoms with Crippen molar-refractivity contribution >= 4 is 35.0 Å². The zero-order valence-electron chi connectivity index (χ0n) is 15.8. The van der Waals surface area contributed by atoms with E-state index in [1.165, 1.54) is 4.90 Å². The fraction of sp³-hybridized carbons (Fsp3) is 0.364. The van der Waals surface area contributed by atoms with Crippen LogP contribution in [0.2, 0.25) is 10.0 Å². The zero-order valence-corrected chi connectivity index (χ0v) is 17.3. The van der Waals surface area contributed by atoms with Crippen LogP contribution in [0.4, 0.5) is 0 Å². The van der Waals surface area contributed by atoms with E-state index in [9.17, 15) is 9.59 Å². The molecule has 0 aliphatic carbocycles. The number of hydrogen-bond donors (Lipinski definition) is 0. The molecule has 0 aliphatic heterocycles. The molecule has 0 aromatic heterocycles. The van der Waals surface area contributed by atoms with Gasteiger partial charge in [0.15, 0.2) is 0 Å². The first-order valence-electron chi connectivity index (χ1n) is 9.34. The quantitative estimate of drug-likeness (QED) is 0.470. The monoisotopic (exact) mass is 405 g/mol. The van der Waals surface area contributed by atoms with Crippen LogP contribution in [-0.2, 0) is 0 Å². The number of carbonyl (C=O) groups excluding carboxylic acids is 2. The second kappa shape index (κ2) is 10.5. The van der Waals surface area contributed by atoms with Gasteiger partial charge in [0.1, 0.15) is 0 Å². The molecule has 0 heterocycles. The minimum Gasteiger partial charge on any atom is -0.274 e. The molecule has 0 fully saturated rings. The van der Waals surface area contributed by atoms with Crippen molar-refractivity contribution in [2.24, 2.45) is 5.92 Å². The Hall–Kier alpha value is -1.84. The van der Waals surface area contributed by atoms with E-state index in [-0.39, 0.29) is 17.7 Å². The topological polar surface area (TPSA) is 37.4 Å². The molecule has 2 amide bonds. The Morgan fingerprint density at radius 2 is 1.37 bits per heavy atom. The fourth-order valence-corrected chi connectivity index (χ4v) is 3.43. The molecule has 0 bridgehead atoms. The summed E-state index contributed by atoms with van der Waals surface area (Å²) in [6.45, 7) is 4.57. The lowest BCUT2D eigenvalue weighted by Gasteiger charge is -2.26. The molecule has 2 aromatic rings. The van der Waals surface area contributed by atoms with Gasteiger partial charge in [-0.25, -0.2) is 0 Å². The summed E-state index contributed by atoms with van der Waals surface area (Å²) in [4.78, 5) is 27.7. The third-order valence-electron chi connectivity index (χ3n) is 4.68. The molecule has 0 aliphatic rings. The van der Waals surface area contributed by atoms with E-state index in [2.05, 4.69) is 13.8 Å². The van der Waals surface area contributed by atoms with E-state index in [0.717, 1.165) is 25.7 Å². The van der Waals surface area contributed by atoms with Crippen molar-refractivity contribution in [3.8, 4) is 0 Å². The van der Waals surface area contributed by atoms with Crippen molar-refractivity contribution in [2.45, 2.75) is 39.5 Å². The summed E-state index contributed by atoms with van der Waals surface area (Å²) < 4.78 is 0. The molecule has 1 unspecified atom stereocenters. The SMILES string of the molecule is CCCCC(CC)CN(C(=O)c1ccccc1Cl)C(=O)c1ccccc1Cl. The van der Waals surface area contributed by atoms with Crippen LogP contribution in [0.1, 0.15) is 60.2 Å². The normalized spacial score (nSPS) is 11.9. The first kappa shape index (κ1) is 21.5. The maximum absolute atomic E-state index is 13.2. The lowest BCUT2D eigenvalue weighted by atomic mass is 9.98. The maximum Gasteiger partial charge on any atom is 0.262 e. The molecule has 5 heteroatoms. The summed E-state index contributed by atoms with van der Waals surface area (Å²) in [5.41, 5.74) is 0.648. The van der Waals surface area contributed by atoms with Gasteiger partial charge in [0.05, 0.1) is 21.2 Å². The Balaban J connectivity index is 2.38. The highest BCUT2D eigenvalue weighted by Gasteiger charge is 2.28. The molecule has 144 valence electrons.